The predicted octanol–water partition coefficient (Wildman–Crippen LogP) is 1.82. The van der Waals surface area contributed by atoms with Crippen LogP contribution in [0.25, 0.3) is 0 Å². The van der Waals surface area contributed by atoms with Crippen LogP contribution in [0.1, 0.15) is 23.4 Å². The van der Waals surface area contributed by atoms with Crippen LogP contribution in [-0.2, 0) is 6.61 Å². The van der Waals surface area contributed by atoms with E-state index in [1.165, 1.54) is 12.1 Å². The molecule has 0 amide bonds. The molecule has 0 fully saturated rings. The molecule has 1 aromatic rings. The van der Waals surface area contributed by atoms with Gasteiger partial charge in [-0.2, -0.15) is 0 Å². The number of aliphatic hydroxyl groups is 1. The van der Waals surface area contributed by atoms with Gasteiger partial charge in [0.15, 0.2) is 0 Å². The zero-order chi connectivity index (χ0) is 9.14. The van der Waals surface area contributed by atoms with Crippen LogP contribution in [0.5, 0.6) is 0 Å². The second-order valence-electron chi connectivity index (χ2n) is 2.49. The number of aliphatic hydroxyl groups excluding tert-OH is 1. The lowest BCUT2D eigenvalue weighted by Gasteiger charge is -2.03. The summed E-state index contributed by atoms with van der Waals surface area (Å²) in [6.07, 6.45) is -2.50. The van der Waals surface area contributed by atoms with Gasteiger partial charge in [0.05, 0.1) is 12.3 Å². The fraction of sp³-hybridized carbons (Fsp3) is 0.375. The molecule has 1 N–H and O–H groups in total. The molecule has 0 aliphatic heterocycles. The molecular weight excluding hydrogens is 164 g/mol. The molecule has 1 rings (SSSR count). The summed E-state index contributed by atoms with van der Waals surface area (Å²) < 4.78 is 24.3. The molecule has 12 heavy (non-hydrogen) atoms. The highest BCUT2D eigenvalue weighted by Crippen LogP contribution is 2.19. The van der Waals surface area contributed by atoms with Crippen LogP contribution >= 0.6 is 0 Å². The maximum atomic E-state index is 12.2. The van der Waals surface area contributed by atoms with Crippen molar-refractivity contribution in [3.63, 3.8) is 0 Å². The molecule has 0 spiro atoms. The van der Waals surface area contributed by atoms with Crippen molar-refractivity contribution >= 4 is 0 Å². The standard InChI is InChI=1S/C8H9F2NO/c1-5-2-6(8(9)10)3-7(4-12)11-5/h2-3,8,12H,4H2,1H3. The first-order valence-electron chi connectivity index (χ1n) is 3.50. The lowest BCUT2D eigenvalue weighted by Crippen LogP contribution is -1.95. The topological polar surface area (TPSA) is 33.1 Å². The number of nitrogens with zero attached hydrogens (tertiary/aromatic N) is 1. The van der Waals surface area contributed by atoms with E-state index < -0.39 is 6.43 Å². The van der Waals surface area contributed by atoms with Gasteiger partial charge in [-0.1, -0.05) is 0 Å². The minimum atomic E-state index is -2.50. The van der Waals surface area contributed by atoms with E-state index in [0.29, 0.717) is 5.69 Å². The predicted molar refractivity (Wildman–Crippen MR) is 39.9 cm³/mol. The van der Waals surface area contributed by atoms with Gasteiger partial charge in [-0.15, -0.1) is 0 Å². The first kappa shape index (κ1) is 9.06. The van der Waals surface area contributed by atoms with Crippen LogP contribution in [0.15, 0.2) is 12.1 Å². The normalized spacial score (nSPS) is 10.8. The lowest BCUT2D eigenvalue weighted by atomic mass is 10.2. The summed E-state index contributed by atoms with van der Waals surface area (Å²) in [5.41, 5.74) is 0.689. The number of hydrogen-bond donors (Lipinski definition) is 1. The highest BCUT2D eigenvalue weighted by atomic mass is 19.3. The van der Waals surface area contributed by atoms with E-state index in [4.69, 9.17) is 5.11 Å². The SMILES string of the molecule is Cc1cc(C(F)F)cc(CO)n1. The van der Waals surface area contributed by atoms with Gasteiger partial charge >= 0.3 is 0 Å². The van der Waals surface area contributed by atoms with Gasteiger partial charge in [-0.3, -0.25) is 4.98 Å². The third-order valence-corrected chi connectivity index (χ3v) is 1.44. The summed E-state index contributed by atoms with van der Waals surface area (Å²) in [7, 11) is 0. The highest BCUT2D eigenvalue weighted by molar-refractivity contribution is 5.21. The van der Waals surface area contributed by atoms with Crippen LogP contribution in [0.3, 0.4) is 0 Å². The Hall–Kier alpha value is -1.03. The summed E-state index contributed by atoms with van der Waals surface area (Å²) in [6.45, 7) is 1.31. The summed E-state index contributed by atoms with van der Waals surface area (Å²) in [5.74, 6) is 0. The first-order valence-corrected chi connectivity index (χ1v) is 3.50. The van der Waals surface area contributed by atoms with Crippen molar-refractivity contribution in [3.05, 3.63) is 29.1 Å². The van der Waals surface area contributed by atoms with Crippen LogP contribution < -0.4 is 0 Å². The molecule has 4 heteroatoms. The minimum absolute atomic E-state index is 0.0912. The quantitative estimate of drug-likeness (QED) is 0.739. The average molecular weight is 173 g/mol. The van der Waals surface area contributed by atoms with Crippen LogP contribution in [0.2, 0.25) is 0 Å². The van der Waals surface area contributed by atoms with E-state index in [-0.39, 0.29) is 17.9 Å². The third kappa shape index (κ3) is 1.98. The van der Waals surface area contributed by atoms with Gasteiger partial charge in [0, 0.05) is 11.3 Å². The Kier molecular flexibility index (Phi) is 2.70. The van der Waals surface area contributed by atoms with Crippen molar-refractivity contribution in [2.24, 2.45) is 0 Å². The zero-order valence-electron chi connectivity index (χ0n) is 6.59. The number of halogens is 2. The molecule has 0 aliphatic carbocycles. The van der Waals surface area contributed by atoms with Gasteiger partial charge in [-0.25, -0.2) is 8.78 Å². The Balaban J connectivity index is 3.06. The van der Waals surface area contributed by atoms with E-state index in [2.05, 4.69) is 4.98 Å². The number of pyridine rings is 1. The third-order valence-electron chi connectivity index (χ3n) is 1.44. The number of aryl methyl sites for hydroxylation is 1. The monoisotopic (exact) mass is 173 g/mol. The summed E-state index contributed by atoms with van der Waals surface area (Å²) >= 11 is 0. The number of rotatable bonds is 2. The molecule has 0 atom stereocenters. The molecular formula is C8H9F2NO. The molecule has 0 unspecified atom stereocenters. The summed E-state index contributed by atoms with van der Waals surface area (Å²) in [6, 6.07) is 2.52. The maximum Gasteiger partial charge on any atom is 0.263 e. The Morgan fingerprint density at radius 2 is 2.17 bits per heavy atom. The molecule has 0 aliphatic rings. The lowest BCUT2D eigenvalue weighted by molar-refractivity contribution is 0.150. The Labute approximate surface area is 68.9 Å². The van der Waals surface area contributed by atoms with Crippen molar-refractivity contribution in [3.8, 4) is 0 Å². The second-order valence-corrected chi connectivity index (χ2v) is 2.49. The summed E-state index contributed by atoms with van der Waals surface area (Å²) in [4.78, 5) is 3.85. The second kappa shape index (κ2) is 3.58. The fourth-order valence-corrected chi connectivity index (χ4v) is 0.973. The van der Waals surface area contributed by atoms with E-state index in [9.17, 15) is 8.78 Å². The fourth-order valence-electron chi connectivity index (χ4n) is 0.973. The molecule has 1 aromatic heterocycles. The molecule has 0 saturated heterocycles. The molecule has 0 aromatic carbocycles. The molecule has 2 nitrogen and oxygen atoms in total. The van der Waals surface area contributed by atoms with Gasteiger partial charge in [-0.05, 0) is 19.1 Å². The maximum absolute atomic E-state index is 12.2. The van der Waals surface area contributed by atoms with Crippen molar-refractivity contribution < 1.29 is 13.9 Å². The summed E-state index contributed by atoms with van der Waals surface area (Å²) in [5, 5.41) is 8.66. The number of hydrogen-bond acceptors (Lipinski definition) is 2. The van der Waals surface area contributed by atoms with Crippen molar-refractivity contribution in [1.82, 2.24) is 4.98 Å². The van der Waals surface area contributed by atoms with Gasteiger partial charge < -0.3 is 5.11 Å². The number of alkyl halides is 2. The Morgan fingerprint density at radius 3 is 2.67 bits per heavy atom. The van der Waals surface area contributed by atoms with E-state index in [1.54, 1.807) is 6.92 Å². The molecule has 1 heterocycles. The van der Waals surface area contributed by atoms with Gasteiger partial charge in [0.2, 0.25) is 0 Å². The zero-order valence-corrected chi connectivity index (χ0v) is 6.59. The first-order chi connectivity index (χ1) is 5.63. The van der Waals surface area contributed by atoms with Crippen LogP contribution in [0.4, 0.5) is 8.78 Å². The van der Waals surface area contributed by atoms with E-state index in [0.717, 1.165) is 0 Å². The molecule has 0 saturated carbocycles. The Morgan fingerprint density at radius 1 is 1.50 bits per heavy atom. The molecule has 0 bridgehead atoms. The van der Waals surface area contributed by atoms with E-state index in [1.807, 2.05) is 0 Å². The van der Waals surface area contributed by atoms with Crippen LogP contribution in [0, 0.1) is 6.92 Å². The highest BCUT2D eigenvalue weighted by Gasteiger charge is 2.08. The van der Waals surface area contributed by atoms with Gasteiger partial charge in [0.1, 0.15) is 0 Å². The van der Waals surface area contributed by atoms with Crippen molar-refractivity contribution in [2.75, 3.05) is 0 Å². The largest absolute Gasteiger partial charge is 0.390 e. The van der Waals surface area contributed by atoms with Crippen molar-refractivity contribution in [2.45, 2.75) is 20.0 Å². The smallest absolute Gasteiger partial charge is 0.263 e. The van der Waals surface area contributed by atoms with Crippen LogP contribution in [-0.4, -0.2) is 10.1 Å². The van der Waals surface area contributed by atoms with Gasteiger partial charge in [0.25, 0.3) is 6.43 Å². The van der Waals surface area contributed by atoms with Crippen molar-refractivity contribution in [1.29, 1.82) is 0 Å². The average Bonchev–Trinajstić information content (AvgIpc) is 2.03. The Bertz CT molecular complexity index is 276. The molecule has 66 valence electrons. The van der Waals surface area contributed by atoms with E-state index >= 15 is 0 Å². The number of aromatic nitrogens is 1. The minimum Gasteiger partial charge on any atom is -0.390 e. The molecule has 0 radical (unpaired) electrons.